The van der Waals surface area contributed by atoms with E-state index in [2.05, 4.69) is 54.8 Å². The molecule has 0 atom stereocenters. The monoisotopic (exact) mass is 500 g/mol. The first-order chi connectivity index (χ1) is 17.4. The van der Waals surface area contributed by atoms with Crippen LogP contribution in [0.4, 0.5) is 0 Å². The second-order valence-electron chi connectivity index (χ2n) is 8.50. The molecule has 8 nitrogen and oxygen atoms in total. The van der Waals surface area contributed by atoms with Crippen molar-refractivity contribution in [3.05, 3.63) is 53.1 Å². The van der Waals surface area contributed by atoms with Gasteiger partial charge in [0.1, 0.15) is 19.0 Å². The molecule has 0 radical (unpaired) electrons. The Morgan fingerprint density at radius 1 is 0.722 bits per heavy atom. The highest BCUT2D eigenvalue weighted by Crippen LogP contribution is 2.31. The van der Waals surface area contributed by atoms with E-state index < -0.39 is 0 Å². The van der Waals surface area contributed by atoms with Gasteiger partial charge in [0, 0.05) is 40.3 Å². The summed E-state index contributed by atoms with van der Waals surface area (Å²) in [4.78, 5) is 22.4. The van der Waals surface area contributed by atoms with Gasteiger partial charge in [0.25, 0.3) is 0 Å². The van der Waals surface area contributed by atoms with Gasteiger partial charge in [-0.25, -0.2) is 0 Å². The summed E-state index contributed by atoms with van der Waals surface area (Å²) in [5.41, 5.74) is 5.72. The lowest BCUT2D eigenvalue weighted by molar-refractivity contribution is -0.125. The number of rotatable bonds is 17. The third-order valence-electron chi connectivity index (χ3n) is 5.63. The van der Waals surface area contributed by atoms with Crippen LogP contribution in [0.1, 0.15) is 36.0 Å². The molecule has 0 aromatic heterocycles. The van der Waals surface area contributed by atoms with Gasteiger partial charge in [-0.05, 0) is 72.7 Å². The van der Waals surface area contributed by atoms with E-state index in [1.165, 1.54) is 11.1 Å². The van der Waals surface area contributed by atoms with Crippen molar-refractivity contribution in [3.63, 3.8) is 0 Å². The fourth-order valence-corrected chi connectivity index (χ4v) is 3.50. The van der Waals surface area contributed by atoms with Crippen molar-refractivity contribution in [1.82, 2.24) is 10.6 Å². The van der Waals surface area contributed by atoms with Crippen molar-refractivity contribution in [2.45, 2.75) is 39.7 Å². The van der Waals surface area contributed by atoms with Crippen LogP contribution in [0.2, 0.25) is 0 Å². The van der Waals surface area contributed by atoms with E-state index in [-0.39, 0.29) is 18.4 Å². The summed E-state index contributed by atoms with van der Waals surface area (Å²) in [6, 6.07) is 12.5. The Labute approximate surface area is 214 Å². The molecule has 8 heteroatoms. The molecule has 0 spiro atoms. The van der Waals surface area contributed by atoms with Crippen molar-refractivity contribution in [1.29, 1.82) is 0 Å². The van der Waals surface area contributed by atoms with Gasteiger partial charge in [-0.2, -0.15) is 0 Å². The Morgan fingerprint density at radius 2 is 1.39 bits per heavy atom. The maximum Gasteiger partial charge on any atom is 0.245 e. The van der Waals surface area contributed by atoms with Gasteiger partial charge in [0.05, 0.1) is 13.2 Å². The summed E-state index contributed by atoms with van der Waals surface area (Å²) in [5, 5.41) is 5.12. The van der Waals surface area contributed by atoms with Crippen LogP contribution in [0, 0.1) is 13.8 Å². The molecule has 2 aromatic carbocycles. The molecular weight excluding hydrogens is 460 g/mol. The predicted octanol–water partition coefficient (Wildman–Crippen LogP) is 3.56. The zero-order chi connectivity index (χ0) is 26.2. The topological polar surface area (TPSA) is 95.1 Å². The maximum atomic E-state index is 11.2. The second-order valence-corrected chi connectivity index (χ2v) is 8.50. The van der Waals surface area contributed by atoms with E-state index in [1.54, 1.807) is 14.1 Å². The van der Waals surface area contributed by atoms with Crippen LogP contribution in [0.15, 0.2) is 36.4 Å². The molecule has 0 aliphatic rings. The van der Waals surface area contributed by atoms with Crippen LogP contribution in [0.3, 0.4) is 0 Å². The zero-order valence-electron chi connectivity index (χ0n) is 22.0. The van der Waals surface area contributed by atoms with Crippen LogP contribution in [-0.2, 0) is 30.4 Å². The SMILES string of the molecule is CNC(=O)CCCOCCOc1ccc(C)c(-c2cc(COCCCOCC(=O)NC)ccc2C)c1. The number of amides is 2. The molecule has 0 saturated carbocycles. The smallest absolute Gasteiger partial charge is 0.245 e. The summed E-state index contributed by atoms with van der Waals surface area (Å²) in [6.07, 6.45) is 1.89. The number of hydrogen-bond acceptors (Lipinski definition) is 6. The fourth-order valence-electron chi connectivity index (χ4n) is 3.50. The normalized spacial score (nSPS) is 10.8. The molecule has 2 aromatic rings. The molecular formula is C28H40N2O6. The Balaban J connectivity index is 1.83. The average molecular weight is 501 g/mol. The minimum atomic E-state index is -0.129. The highest BCUT2D eigenvalue weighted by molar-refractivity contribution is 5.76. The van der Waals surface area contributed by atoms with Crippen molar-refractivity contribution in [2.24, 2.45) is 0 Å². The molecule has 0 fully saturated rings. The van der Waals surface area contributed by atoms with Crippen molar-refractivity contribution >= 4 is 11.8 Å². The zero-order valence-corrected chi connectivity index (χ0v) is 22.0. The lowest BCUT2D eigenvalue weighted by atomic mass is 9.95. The molecule has 0 saturated heterocycles. The van der Waals surface area contributed by atoms with Gasteiger partial charge >= 0.3 is 0 Å². The lowest BCUT2D eigenvalue weighted by Gasteiger charge is -2.14. The third kappa shape index (κ3) is 10.8. The summed E-state index contributed by atoms with van der Waals surface area (Å²) in [5.74, 6) is 0.690. The van der Waals surface area contributed by atoms with Gasteiger partial charge in [0.2, 0.25) is 11.8 Å². The molecule has 2 N–H and O–H groups in total. The molecule has 198 valence electrons. The van der Waals surface area contributed by atoms with Crippen molar-refractivity contribution in [2.75, 3.05) is 53.7 Å². The molecule has 0 heterocycles. The maximum absolute atomic E-state index is 11.2. The van der Waals surface area contributed by atoms with E-state index in [0.29, 0.717) is 52.5 Å². The molecule has 2 amide bonds. The summed E-state index contributed by atoms with van der Waals surface area (Å²) >= 11 is 0. The number of benzene rings is 2. The molecule has 0 aliphatic heterocycles. The van der Waals surface area contributed by atoms with E-state index in [4.69, 9.17) is 18.9 Å². The van der Waals surface area contributed by atoms with Crippen molar-refractivity contribution < 1.29 is 28.5 Å². The van der Waals surface area contributed by atoms with Crippen molar-refractivity contribution in [3.8, 4) is 16.9 Å². The number of ether oxygens (including phenoxy) is 4. The Morgan fingerprint density at radius 3 is 2.14 bits per heavy atom. The van der Waals surface area contributed by atoms with E-state index >= 15 is 0 Å². The van der Waals surface area contributed by atoms with Gasteiger partial charge < -0.3 is 29.6 Å². The highest BCUT2D eigenvalue weighted by atomic mass is 16.5. The summed E-state index contributed by atoms with van der Waals surface area (Å²) < 4.78 is 22.6. The highest BCUT2D eigenvalue weighted by Gasteiger charge is 2.09. The molecule has 2 rings (SSSR count). The van der Waals surface area contributed by atoms with E-state index in [9.17, 15) is 9.59 Å². The fraction of sp³-hybridized carbons (Fsp3) is 0.500. The molecule has 0 unspecified atom stereocenters. The number of carbonyl (C=O) groups excluding carboxylic acids is 2. The number of hydrogen-bond donors (Lipinski definition) is 2. The predicted molar refractivity (Wildman–Crippen MR) is 140 cm³/mol. The second kappa shape index (κ2) is 16.7. The molecule has 36 heavy (non-hydrogen) atoms. The Bertz CT molecular complexity index is 886. The third-order valence-corrected chi connectivity index (χ3v) is 5.63. The number of carbonyl (C=O) groups is 2. The first-order valence-electron chi connectivity index (χ1n) is 12.4. The van der Waals surface area contributed by atoms with Crippen LogP contribution in [0.5, 0.6) is 5.75 Å². The van der Waals surface area contributed by atoms with Crippen LogP contribution >= 0.6 is 0 Å². The number of likely N-dealkylation sites (N-methyl/N-ethyl adjacent to an activating group) is 1. The first kappa shape index (κ1) is 29.3. The van der Waals surface area contributed by atoms with Gasteiger partial charge in [0.15, 0.2) is 0 Å². The van der Waals surface area contributed by atoms with E-state index in [0.717, 1.165) is 28.9 Å². The van der Waals surface area contributed by atoms with Crippen LogP contribution < -0.4 is 15.4 Å². The lowest BCUT2D eigenvalue weighted by Crippen LogP contribution is -2.23. The van der Waals surface area contributed by atoms with Crippen LogP contribution in [-0.4, -0.2) is 65.6 Å². The summed E-state index contributed by atoms with van der Waals surface area (Å²) in [7, 11) is 3.22. The standard InChI is InChI=1S/C28H40N2O6/c1-21-8-10-23(19-34-13-6-14-35-20-28(32)30-4)17-25(21)26-18-24(11-9-22(26)2)36-16-15-33-12-5-7-27(31)29-3/h8-11,17-18H,5-7,12-16,19-20H2,1-4H3,(H,29,31)(H,30,32). The van der Waals surface area contributed by atoms with Crippen LogP contribution in [0.25, 0.3) is 11.1 Å². The minimum Gasteiger partial charge on any atom is -0.491 e. The number of nitrogens with one attached hydrogen (secondary N) is 2. The number of aryl methyl sites for hydroxylation is 2. The molecule has 0 bridgehead atoms. The first-order valence-corrected chi connectivity index (χ1v) is 12.4. The quantitative estimate of drug-likeness (QED) is 0.323. The molecule has 0 aliphatic carbocycles. The van der Waals surface area contributed by atoms with Gasteiger partial charge in [-0.1, -0.05) is 18.2 Å². The van der Waals surface area contributed by atoms with E-state index in [1.807, 2.05) is 6.07 Å². The summed E-state index contributed by atoms with van der Waals surface area (Å²) in [6.45, 7) is 7.28. The Hall–Kier alpha value is -2.94. The largest absolute Gasteiger partial charge is 0.491 e. The average Bonchev–Trinajstić information content (AvgIpc) is 2.89. The van der Waals surface area contributed by atoms with Gasteiger partial charge in [-0.15, -0.1) is 0 Å². The Kier molecular flexibility index (Phi) is 13.6. The minimum absolute atomic E-state index is 0.0251. The van der Waals surface area contributed by atoms with Gasteiger partial charge in [-0.3, -0.25) is 9.59 Å².